The molecule has 0 saturated heterocycles. The van der Waals surface area contributed by atoms with Gasteiger partial charge in [0.25, 0.3) is 0 Å². The molecule has 0 aliphatic heterocycles. The first-order valence-corrected chi connectivity index (χ1v) is 22.7. The zero-order valence-corrected chi connectivity index (χ0v) is 37.2. The highest BCUT2D eigenvalue weighted by molar-refractivity contribution is 6.13. The van der Waals surface area contributed by atoms with Crippen molar-refractivity contribution in [2.24, 2.45) is 5.73 Å². The highest BCUT2D eigenvalue weighted by atomic mass is 16.5. The van der Waals surface area contributed by atoms with E-state index in [1.807, 2.05) is 24.3 Å². The number of ether oxygens (including phenoxy) is 2. The zero-order valence-electron chi connectivity index (χ0n) is 37.2. The molecule has 0 spiro atoms. The summed E-state index contributed by atoms with van der Waals surface area (Å²) in [7, 11) is 3.42. The third-order valence-electron chi connectivity index (χ3n) is 12.6. The fourth-order valence-electron chi connectivity index (χ4n) is 9.51. The summed E-state index contributed by atoms with van der Waals surface area (Å²) in [6.45, 7) is 4.32. The second-order valence-electron chi connectivity index (χ2n) is 16.9. The van der Waals surface area contributed by atoms with Crippen LogP contribution in [0.1, 0.15) is 41.8 Å². The van der Waals surface area contributed by atoms with E-state index in [2.05, 4.69) is 160 Å². The number of pyridine rings is 2. The van der Waals surface area contributed by atoms with Gasteiger partial charge in [-0.05, 0) is 110 Å². The van der Waals surface area contributed by atoms with E-state index in [0.717, 1.165) is 95.3 Å². The quantitative estimate of drug-likeness (QED) is 0.0919. The number of aromatic nitrogens is 4. The first-order chi connectivity index (χ1) is 32.1. The van der Waals surface area contributed by atoms with Gasteiger partial charge in [0.15, 0.2) is 0 Å². The van der Waals surface area contributed by atoms with Crippen molar-refractivity contribution < 1.29 is 9.47 Å². The molecule has 8 heteroatoms. The molecule has 0 unspecified atom stereocenters. The molecule has 0 bridgehead atoms. The van der Waals surface area contributed by atoms with E-state index in [9.17, 15) is 0 Å². The Bertz CT molecular complexity index is 3000. The summed E-state index contributed by atoms with van der Waals surface area (Å²) in [5.41, 5.74) is 19.2. The molecule has 6 aromatic carbocycles. The van der Waals surface area contributed by atoms with Crippen LogP contribution in [0.25, 0.3) is 66.1 Å². The number of rotatable bonds is 17. The molecule has 0 saturated carbocycles. The Morgan fingerprint density at radius 2 is 0.908 bits per heavy atom. The number of methoxy groups -OCH3 is 2. The lowest BCUT2D eigenvalue weighted by atomic mass is 10.1. The van der Waals surface area contributed by atoms with E-state index >= 15 is 0 Å². The van der Waals surface area contributed by atoms with Crippen molar-refractivity contribution in [3.8, 4) is 34.0 Å². The summed E-state index contributed by atoms with van der Waals surface area (Å²) in [5, 5.41) is 4.83. The Kier molecular flexibility index (Phi) is 12.1. The van der Waals surface area contributed by atoms with Crippen LogP contribution in [0.5, 0.6) is 11.5 Å². The summed E-state index contributed by atoms with van der Waals surface area (Å²) >= 11 is 0. The number of para-hydroxylation sites is 2. The fourth-order valence-corrected chi connectivity index (χ4v) is 9.51. The molecule has 0 radical (unpaired) electrons. The van der Waals surface area contributed by atoms with E-state index < -0.39 is 0 Å². The van der Waals surface area contributed by atoms with E-state index in [0.29, 0.717) is 19.6 Å². The second kappa shape index (κ2) is 18.8. The minimum absolute atomic E-state index is 0.646. The summed E-state index contributed by atoms with van der Waals surface area (Å²) < 4.78 is 16.1. The molecule has 65 heavy (non-hydrogen) atoms. The summed E-state index contributed by atoms with van der Waals surface area (Å²) in [6, 6.07) is 60.2. The van der Waals surface area contributed by atoms with Gasteiger partial charge in [-0.1, -0.05) is 103 Å². The summed E-state index contributed by atoms with van der Waals surface area (Å²) in [6.07, 6.45) is 3.07. The normalized spacial score (nSPS) is 11.7. The molecule has 0 amide bonds. The van der Waals surface area contributed by atoms with Crippen LogP contribution in [0.15, 0.2) is 170 Å². The van der Waals surface area contributed by atoms with E-state index in [1.54, 1.807) is 14.2 Å². The SMILES string of the molecule is COc1ccc(-c2nc(CN(CCCCCN)Cc3cc4c5ccccc5n(Cc5ccccc5)c4c(-c4ccc(OC)cc4)n3)cc3c4ccccc4n(Cc4ccccc4)c23)cc1. The lowest BCUT2D eigenvalue weighted by Gasteiger charge is -2.23. The van der Waals surface area contributed by atoms with Crippen molar-refractivity contribution in [3.05, 3.63) is 192 Å². The van der Waals surface area contributed by atoms with Gasteiger partial charge < -0.3 is 24.3 Å². The fraction of sp³-hybridized carbons (Fsp3) is 0.193. The molecule has 8 nitrogen and oxygen atoms in total. The first kappa shape index (κ1) is 41.7. The van der Waals surface area contributed by atoms with E-state index in [-0.39, 0.29) is 0 Å². The van der Waals surface area contributed by atoms with Gasteiger partial charge in [-0.15, -0.1) is 0 Å². The number of fused-ring (bicyclic) bond motifs is 6. The lowest BCUT2D eigenvalue weighted by molar-refractivity contribution is 0.245. The minimum atomic E-state index is 0.646. The minimum Gasteiger partial charge on any atom is -0.497 e. The van der Waals surface area contributed by atoms with Crippen molar-refractivity contribution >= 4 is 43.6 Å². The molecule has 0 aliphatic carbocycles. The van der Waals surface area contributed by atoms with E-state index in [1.165, 1.54) is 43.7 Å². The molecule has 2 N–H and O–H groups in total. The number of nitrogens with two attached hydrogens (primary N) is 1. The molecule has 10 rings (SSSR count). The molecule has 10 aromatic rings. The molecule has 4 aromatic heterocycles. The van der Waals surface area contributed by atoms with Crippen molar-refractivity contribution in [1.82, 2.24) is 24.0 Å². The Morgan fingerprint density at radius 1 is 0.477 bits per heavy atom. The Hall–Kier alpha value is -7.26. The predicted octanol–water partition coefficient (Wildman–Crippen LogP) is 12.3. The molecular weight excluding hydrogens is 801 g/mol. The Labute approximate surface area is 380 Å². The lowest BCUT2D eigenvalue weighted by Crippen LogP contribution is -2.25. The van der Waals surface area contributed by atoms with Gasteiger partial charge in [0.05, 0.1) is 48.0 Å². The summed E-state index contributed by atoms with van der Waals surface area (Å²) in [4.78, 5) is 13.7. The summed E-state index contributed by atoms with van der Waals surface area (Å²) in [5.74, 6) is 1.63. The largest absolute Gasteiger partial charge is 0.497 e. The second-order valence-corrected chi connectivity index (χ2v) is 16.9. The van der Waals surface area contributed by atoms with Gasteiger partial charge in [-0.2, -0.15) is 0 Å². The Balaban J connectivity index is 1.11. The van der Waals surface area contributed by atoms with Crippen LogP contribution < -0.4 is 15.2 Å². The van der Waals surface area contributed by atoms with Crippen LogP contribution in [0.4, 0.5) is 0 Å². The maximum absolute atomic E-state index is 6.02. The highest BCUT2D eigenvalue weighted by Gasteiger charge is 2.22. The van der Waals surface area contributed by atoms with Crippen molar-refractivity contribution in [3.63, 3.8) is 0 Å². The van der Waals surface area contributed by atoms with Crippen molar-refractivity contribution in [2.75, 3.05) is 27.3 Å². The van der Waals surface area contributed by atoms with Crippen molar-refractivity contribution in [2.45, 2.75) is 45.4 Å². The van der Waals surface area contributed by atoms with Crippen LogP contribution in [0.3, 0.4) is 0 Å². The Morgan fingerprint density at radius 3 is 1.34 bits per heavy atom. The average Bonchev–Trinajstić information content (AvgIpc) is 3.84. The van der Waals surface area contributed by atoms with Gasteiger partial charge in [-0.3, -0.25) is 4.90 Å². The van der Waals surface area contributed by atoms with Crippen LogP contribution in [0, 0.1) is 0 Å². The monoisotopic (exact) mass is 854 g/mol. The highest BCUT2D eigenvalue weighted by Crippen LogP contribution is 2.39. The smallest absolute Gasteiger partial charge is 0.118 e. The van der Waals surface area contributed by atoms with Gasteiger partial charge in [-0.25, -0.2) is 9.97 Å². The standard InChI is InChI=1S/C57H54N6O2/c1-64-46-28-24-42(25-29-46)54-56-50(48-20-10-12-22-52(48)62(56)36-40-16-6-3-7-17-40)34-44(59-54)38-61(33-15-5-14-32-58)39-45-35-51-49-21-11-13-23-53(49)63(37-41-18-8-4-9-19-41)57(51)55(60-45)43-26-30-47(65-2)31-27-43/h3-4,6-13,16-31,34-35H,5,14-15,32-33,36-39,58H2,1-2H3. The number of hydrogen-bond donors (Lipinski definition) is 1. The molecule has 324 valence electrons. The number of hydrogen-bond acceptors (Lipinski definition) is 6. The maximum Gasteiger partial charge on any atom is 0.118 e. The third kappa shape index (κ3) is 8.58. The van der Waals surface area contributed by atoms with Gasteiger partial charge in [0.2, 0.25) is 0 Å². The molecule has 4 heterocycles. The molecule has 0 aliphatic rings. The third-order valence-corrected chi connectivity index (χ3v) is 12.6. The van der Waals surface area contributed by atoms with Gasteiger partial charge in [0.1, 0.15) is 11.5 Å². The maximum atomic E-state index is 6.02. The van der Waals surface area contributed by atoms with Crippen LogP contribution >= 0.6 is 0 Å². The van der Waals surface area contributed by atoms with E-state index in [4.69, 9.17) is 25.2 Å². The molecule has 0 atom stereocenters. The predicted molar refractivity (Wildman–Crippen MR) is 267 cm³/mol. The van der Waals surface area contributed by atoms with Crippen LogP contribution in [-0.2, 0) is 26.2 Å². The topological polar surface area (TPSA) is 83.4 Å². The first-order valence-electron chi connectivity index (χ1n) is 22.7. The van der Waals surface area contributed by atoms with Gasteiger partial charge >= 0.3 is 0 Å². The van der Waals surface area contributed by atoms with Gasteiger partial charge in [0, 0.05) is 69.9 Å². The van der Waals surface area contributed by atoms with Crippen molar-refractivity contribution in [1.29, 1.82) is 0 Å². The zero-order chi connectivity index (χ0) is 44.1. The molecule has 0 fully saturated rings. The average molecular weight is 855 g/mol. The number of nitrogens with zero attached hydrogens (tertiary/aromatic N) is 5. The van der Waals surface area contributed by atoms with Crippen LogP contribution in [-0.4, -0.2) is 51.3 Å². The molecular formula is C57H54N6O2. The number of benzene rings is 6. The van der Waals surface area contributed by atoms with Crippen LogP contribution in [0.2, 0.25) is 0 Å². The number of unbranched alkanes of at least 4 members (excludes halogenated alkanes) is 2.